The third-order valence-corrected chi connectivity index (χ3v) is 3.55. The Morgan fingerprint density at radius 2 is 2.35 bits per heavy atom. The van der Waals surface area contributed by atoms with E-state index in [1.807, 2.05) is 24.3 Å². The van der Waals surface area contributed by atoms with Crippen LogP contribution in [-0.4, -0.2) is 38.3 Å². The third kappa shape index (κ3) is 3.65. The predicted molar refractivity (Wildman–Crippen MR) is 74.1 cm³/mol. The Bertz CT molecular complexity index is 392. The van der Waals surface area contributed by atoms with E-state index in [2.05, 4.69) is 33.2 Å². The first kappa shape index (κ1) is 12.8. The second-order valence-electron chi connectivity index (χ2n) is 3.89. The lowest BCUT2D eigenvalue weighted by atomic mass is 10.2. The highest BCUT2D eigenvalue weighted by molar-refractivity contribution is 14.1. The summed E-state index contributed by atoms with van der Waals surface area (Å²) >= 11 is 2.17. The summed E-state index contributed by atoms with van der Waals surface area (Å²) < 4.78 is 6.48. The smallest absolute Gasteiger partial charge is 0.252 e. The second kappa shape index (κ2) is 6.32. The molecule has 0 bridgehead atoms. The average Bonchev–Trinajstić information content (AvgIpc) is 2.38. The van der Waals surface area contributed by atoms with Crippen LogP contribution in [0.5, 0.6) is 0 Å². The van der Waals surface area contributed by atoms with E-state index in [0.717, 1.165) is 22.2 Å². The minimum absolute atomic E-state index is 0.0378. The molecule has 0 aromatic heterocycles. The van der Waals surface area contributed by atoms with Crippen LogP contribution in [0.15, 0.2) is 24.3 Å². The molecule has 92 valence electrons. The highest BCUT2D eigenvalue weighted by atomic mass is 127. The van der Waals surface area contributed by atoms with Crippen LogP contribution in [0.4, 0.5) is 0 Å². The van der Waals surface area contributed by atoms with E-state index in [-0.39, 0.29) is 12.0 Å². The number of morpholine rings is 1. The number of hydrogen-bond donors (Lipinski definition) is 2. The fraction of sp³-hybridized carbons (Fsp3) is 0.417. The van der Waals surface area contributed by atoms with Gasteiger partial charge in [0.05, 0.1) is 18.3 Å². The van der Waals surface area contributed by atoms with Gasteiger partial charge in [-0.2, -0.15) is 0 Å². The van der Waals surface area contributed by atoms with Crippen molar-refractivity contribution in [2.75, 3.05) is 26.2 Å². The Hall–Kier alpha value is -0.660. The lowest BCUT2D eigenvalue weighted by Gasteiger charge is -2.23. The Morgan fingerprint density at radius 1 is 1.53 bits per heavy atom. The Kier molecular flexibility index (Phi) is 4.75. The van der Waals surface area contributed by atoms with Crippen LogP contribution >= 0.6 is 22.6 Å². The molecular weight excluding hydrogens is 331 g/mol. The summed E-state index contributed by atoms with van der Waals surface area (Å²) in [4.78, 5) is 11.9. The SMILES string of the molecule is O=C(NCC1CNCCO1)c1ccccc1I. The summed E-state index contributed by atoms with van der Waals surface area (Å²) in [5, 5.41) is 6.13. The van der Waals surface area contributed by atoms with Gasteiger partial charge in [0.2, 0.25) is 0 Å². The van der Waals surface area contributed by atoms with Crippen LogP contribution < -0.4 is 10.6 Å². The largest absolute Gasteiger partial charge is 0.374 e. The number of amides is 1. The highest BCUT2D eigenvalue weighted by Crippen LogP contribution is 2.11. The zero-order valence-corrected chi connectivity index (χ0v) is 11.6. The lowest BCUT2D eigenvalue weighted by Crippen LogP contribution is -2.45. The maximum absolute atomic E-state index is 11.9. The first-order chi connectivity index (χ1) is 8.27. The Labute approximate surface area is 114 Å². The van der Waals surface area contributed by atoms with Crippen molar-refractivity contribution in [2.24, 2.45) is 0 Å². The van der Waals surface area contributed by atoms with E-state index < -0.39 is 0 Å². The van der Waals surface area contributed by atoms with Gasteiger partial charge in [0.15, 0.2) is 0 Å². The molecule has 1 atom stereocenters. The van der Waals surface area contributed by atoms with E-state index >= 15 is 0 Å². The standard InChI is InChI=1S/C12H15IN2O2/c13-11-4-2-1-3-10(11)12(16)15-8-9-7-14-5-6-17-9/h1-4,9,14H,5-8H2,(H,15,16). The molecule has 1 aromatic rings. The van der Waals surface area contributed by atoms with Crippen molar-refractivity contribution in [1.29, 1.82) is 0 Å². The topological polar surface area (TPSA) is 50.4 Å². The molecule has 5 heteroatoms. The molecular formula is C12H15IN2O2. The number of hydrogen-bond acceptors (Lipinski definition) is 3. The first-order valence-electron chi connectivity index (χ1n) is 5.62. The zero-order chi connectivity index (χ0) is 12.1. The van der Waals surface area contributed by atoms with Gasteiger partial charge >= 0.3 is 0 Å². The van der Waals surface area contributed by atoms with Crippen molar-refractivity contribution in [1.82, 2.24) is 10.6 Å². The van der Waals surface area contributed by atoms with Gasteiger partial charge in [-0.05, 0) is 34.7 Å². The molecule has 1 fully saturated rings. The van der Waals surface area contributed by atoms with E-state index in [1.165, 1.54) is 0 Å². The molecule has 1 aliphatic rings. The molecule has 17 heavy (non-hydrogen) atoms. The fourth-order valence-electron chi connectivity index (χ4n) is 1.70. The van der Waals surface area contributed by atoms with Crippen molar-refractivity contribution in [3.63, 3.8) is 0 Å². The molecule has 0 aliphatic carbocycles. The quantitative estimate of drug-likeness (QED) is 0.804. The van der Waals surface area contributed by atoms with Crippen LogP contribution in [0.25, 0.3) is 0 Å². The van der Waals surface area contributed by atoms with Crippen molar-refractivity contribution in [3.8, 4) is 0 Å². The van der Waals surface area contributed by atoms with Crippen LogP contribution in [0.1, 0.15) is 10.4 Å². The molecule has 1 saturated heterocycles. The Morgan fingerprint density at radius 3 is 3.06 bits per heavy atom. The minimum atomic E-state index is -0.0378. The van der Waals surface area contributed by atoms with Gasteiger partial charge in [-0.25, -0.2) is 0 Å². The highest BCUT2D eigenvalue weighted by Gasteiger charge is 2.15. The first-order valence-corrected chi connectivity index (χ1v) is 6.70. The number of rotatable bonds is 3. The van der Waals surface area contributed by atoms with Crippen molar-refractivity contribution < 1.29 is 9.53 Å². The van der Waals surface area contributed by atoms with Crippen molar-refractivity contribution >= 4 is 28.5 Å². The second-order valence-corrected chi connectivity index (χ2v) is 5.05. The molecule has 0 saturated carbocycles. The monoisotopic (exact) mass is 346 g/mol. The van der Waals surface area contributed by atoms with Gasteiger partial charge in [-0.1, -0.05) is 12.1 Å². The summed E-state index contributed by atoms with van der Waals surface area (Å²) in [7, 11) is 0. The van der Waals surface area contributed by atoms with E-state index in [4.69, 9.17) is 4.74 Å². The molecule has 1 amide bonds. The molecule has 4 nitrogen and oxygen atoms in total. The van der Waals surface area contributed by atoms with Gasteiger partial charge in [-0.3, -0.25) is 4.79 Å². The summed E-state index contributed by atoms with van der Waals surface area (Å²) in [6, 6.07) is 7.55. The number of nitrogens with one attached hydrogen (secondary N) is 2. The number of benzene rings is 1. The van der Waals surface area contributed by atoms with Crippen molar-refractivity contribution in [3.05, 3.63) is 33.4 Å². The maximum atomic E-state index is 11.9. The van der Waals surface area contributed by atoms with E-state index in [9.17, 15) is 4.79 Å². The third-order valence-electron chi connectivity index (χ3n) is 2.61. The molecule has 1 aliphatic heterocycles. The maximum Gasteiger partial charge on any atom is 0.252 e. The van der Waals surface area contributed by atoms with Crippen LogP contribution in [-0.2, 0) is 4.74 Å². The fourth-order valence-corrected chi connectivity index (χ4v) is 2.33. The lowest BCUT2D eigenvalue weighted by molar-refractivity contribution is 0.0287. The summed E-state index contributed by atoms with van der Waals surface area (Å²) in [6.07, 6.45) is 0.0778. The molecule has 1 heterocycles. The zero-order valence-electron chi connectivity index (χ0n) is 9.41. The molecule has 1 unspecified atom stereocenters. The van der Waals surface area contributed by atoms with Gasteiger partial charge in [0.1, 0.15) is 0 Å². The number of carbonyl (C=O) groups is 1. The minimum Gasteiger partial charge on any atom is -0.374 e. The normalized spacial score (nSPS) is 19.9. The number of ether oxygens (including phenoxy) is 1. The van der Waals surface area contributed by atoms with Crippen LogP contribution in [0.3, 0.4) is 0 Å². The van der Waals surface area contributed by atoms with Gasteiger partial charge in [0.25, 0.3) is 5.91 Å². The van der Waals surface area contributed by atoms with Gasteiger partial charge in [0, 0.05) is 23.2 Å². The van der Waals surface area contributed by atoms with E-state index in [1.54, 1.807) is 0 Å². The summed E-state index contributed by atoms with van der Waals surface area (Å²) in [5.74, 6) is -0.0378. The van der Waals surface area contributed by atoms with Gasteiger partial charge < -0.3 is 15.4 Å². The van der Waals surface area contributed by atoms with Gasteiger partial charge in [-0.15, -0.1) is 0 Å². The Balaban J connectivity index is 1.87. The summed E-state index contributed by atoms with van der Waals surface area (Å²) in [6.45, 7) is 2.95. The molecule has 2 N–H and O–H groups in total. The van der Waals surface area contributed by atoms with Crippen LogP contribution in [0.2, 0.25) is 0 Å². The molecule has 0 spiro atoms. The predicted octanol–water partition coefficient (Wildman–Crippen LogP) is 1.01. The molecule has 0 radical (unpaired) electrons. The summed E-state index contributed by atoms with van der Waals surface area (Å²) in [5.41, 5.74) is 0.719. The number of carbonyl (C=O) groups excluding carboxylic acids is 1. The molecule has 2 rings (SSSR count). The van der Waals surface area contributed by atoms with E-state index in [0.29, 0.717) is 13.2 Å². The average molecular weight is 346 g/mol. The molecule has 1 aromatic carbocycles. The van der Waals surface area contributed by atoms with Crippen molar-refractivity contribution in [2.45, 2.75) is 6.10 Å². The van der Waals surface area contributed by atoms with Crippen LogP contribution in [0, 0.1) is 3.57 Å². The number of halogens is 1.